The minimum absolute atomic E-state index is 0.237. The van der Waals surface area contributed by atoms with Crippen LogP contribution in [0.4, 0.5) is 5.95 Å². The van der Waals surface area contributed by atoms with Crippen LogP contribution in [0.2, 0.25) is 0 Å². The van der Waals surface area contributed by atoms with Crippen LogP contribution in [0.3, 0.4) is 0 Å². The van der Waals surface area contributed by atoms with Crippen molar-refractivity contribution in [3.63, 3.8) is 0 Å². The third-order valence-electron chi connectivity index (χ3n) is 9.73. The number of hydrogen-bond acceptors (Lipinski definition) is 5. The summed E-state index contributed by atoms with van der Waals surface area (Å²) in [5.41, 5.74) is 2.81. The van der Waals surface area contributed by atoms with E-state index in [-0.39, 0.29) is 12.6 Å². The van der Waals surface area contributed by atoms with Crippen LogP contribution in [0.25, 0.3) is 11.0 Å². The van der Waals surface area contributed by atoms with Crippen LogP contribution in [0.15, 0.2) is 24.3 Å². The number of aliphatic hydroxyl groups excluding tert-OH is 1. The average Bonchev–Trinajstić information content (AvgIpc) is 3.54. The Kier molecular flexibility index (Phi) is 6.33. The molecule has 3 atom stereocenters. The van der Waals surface area contributed by atoms with Gasteiger partial charge in [0, 0.05) is 50.3 Å². The van der Waals surface area contributed by atoms with Gasteiger partial charge in [-0.3, -0.25) is 4.90 Å². The molecule has 0 bridgehead atoms. The molecule has 0 amide bonds. The number of nitrogens with zero attached hydrogens (tertiary/aromatic N) is 4. The first-order valence-electron chi connectivity index (χ1n) is 14.0. The lowest BCUT2D eigenvalue weighted by atomic mass is 9.82. The summed E-state index contributed by atoms with van der Waals surface area (Å²) in [6.07, 6.45) is 12.2. The number of nitrogens with one attached hydrogen (secondary N) is 1. The zero-order valence-corrected chi connectivity index (χ0v) is 21.0. The molecule has 1 aromatic carbocycles. The topological polar surface area (TPSA) is 56.6 Å². The molecule has 4 aliphatic rings. The zero-order valence-electron chi connectivity index (χ0n) is 21.0. The highest BCUT2D eigenvalue weighted by molar-refractivity contribution is 5.79. The standard InChI is InChI=1S/C28H43N5O/c1-28(13-7-3-2-4-8-14-28)32-15-11-22(12-16-32)33-26-10-6-5-9-24(26)30-27(33)31-18-21-17-29-25(20-34)23(21)19-31/h5-6,9-10,21-23,25,29,34H,2-4,7-8,11-20H2,1H3/t21?,23?,25-/m1/s1. The Morgan fingerprint density at radius 1 is 1.03 bits per heavy atom. The van der Waals surface area contributed by atoms with E-state index in [1.165, 1.54) is 82.3 Å². The van der Waals surface area contributed by atoms with Gasteiger partial charge in [-0.2, -0.15) is 0 Å². The molecule has 0 radical (unpaired) electrons. The van der Waals surface area contributed by atoms with E-state index in [2.05, 4.69) is 50.9 Å². The maximum Gasteiger partial charge on any atom is 0.206 e. The van der Waals surface area contributed by atoms with Crippen molar-refractivity contribution in [3.8, 4) is 0 Å². The van der Waals surface area contributed by atoms with Gasteiger partial charge in [0.2, 0.25) is 5.95 Å². The van der Waals surface area contributed by atoms with E-state index >= 15 is 0 Å². The highest BCUT2D eigenvalue weighted by atomic mass is 16.3. The van der Waals surface area contributed by atoms with Crippen LogP contribution < -0.4 is 10.2 Å². The Morgan fingerprint density at radius 2 is 1.76 bits per heavy atom. The van der Waals surface area contributed by atoms with E-state index in [4.69, 9.17) is 4.98 Å². The summed E-state index contributed by atoms with van der Waals surface area (Å²) in [6, 6.07) is 9.48. The second-order valence-corrected chi connectivity index (χ2v) is 11.8. The maximum atomic E-state index is 9.82. The van der Waals surface area contributed by atoms with Crippen molar-refractivity contribution in [2.45, 2.75) is 82.3 Å². The molecular formula is C28H43N5O. The molecule has 2 unspecified atom stereocenters. The summed E-state index contributed by atoms with van der Waals surface area (Å²) in [5.74, 6) is 2.31. The van der Waals surface area contributed by atoms with Crippen molar-refractivity contribution in [1.29, 1.82) is 0 Å². The molecule has 4 heterocycles. The van der Waals surface area contributed by atoms with Crippen LogP contribution >= 0.6 is 0 Å². The van der Waals surface area contributed by atoms with Gasteiger partial charge in [0.05, 0.1) is 17.6 Å². The summed E-state index contributed by atoms with van der Waals surface area (Å²) >= 11 is 0. The number of fused-ring (bicyclic) bond motifs is 2. The fourth-order valence-electron chi connectivity index (χ4n) is 7.65. The predicted octanol–water partition coefficient (Wildman–Crippen LogP) is 4.19. The molecule has 6 nitrogen and oxygen atoms in total. The van der Waals surface area contributed by atoms with Crippen LogP contribution in [0, 0.1) is 11.8 Å². The van der Waals surface area contributed by atoms with Gasteiger partial charge in [-0.15, -0.1) is 0 Å². The predicted molar refractivity (Wildman–Crippen MR) is 138 cm³/mol. The highest BCUT2D eigenvalue weighted by Gasteiger charge is 2.44. The first-order chi connectivity index (χ1) is 16.7. The van der Waals surface area contributed by atoms with E-state index in [0.29, 0.717) is 23.4 Å². The summed E-state index contributed by atoms with van der Waals surface area (Å²) in [7, 11) is 0. The average molecular weight is 466 g/mol. The summed E-state index contributed by atoms with van der Waals surface area (Å²) in [5, 5.41) is 13.3. The fraction of sp³-hybridized carbons (Fsp3) is 0.750. The second-order valence-electron chi connectivity index (χ2n) is 11.8. The van der Waals surface area contributed by atoms with Gasteiger partial charge in [0.15, 0.2) is 0 Å². The van der Waals surface area contributed by atoms with Crippen molar-refractivity contribution >= 4 is 17.0 Å². The third kappa shape index (κ3) is 4.06. The molecule has 1 aromatic heterocycles. The maximum absolute atomic E-state index is 9.82. The number of likely N-dealkylation sites (tertiary alicyclic amines) is 1. The van der Waals surface area contributed by atoms with Crippen molar-refractivity contribution in [1.82, 2.24) is 19.8 Å². The molecule has 6 rings (SSSR count). The van der Waals surface area contributed by atoms with Gasteiger partial charge in [0.25, 0.3) is 0 Å². The smallest absolute Gasteiger partial charge is 0.206 e. The number of piperidine rings is 1. The van der Waals surface area contributed by atoms with Crippen molar-refractivity contribution < 1.29 is 5.11 Å². The van der Waals surface area contributed by atoms with Gasteiger partial charge in [-0.05, 0) is 56.6 Å². The zero-order chi connectivity index (χ0) is 23.1. The molecule has 0 spiro atoms. The SMILES string of the molecule is CC1(N2CCC(n3c(N4CC5CN[C@H](CO)C5C4)nc4ccccc43)CC2)CCCCCCC1. The van der Waals surface area contributed by atoms with E-state index in [1.807, 2.05) is 0 Å². The first kappa shape index (κ1) is 22.8. The molecule has 2 N–H and O–H groups in total. The molecule has 1 saturated carbocycles. The molecule has 3 aliphatic heterocycles. The number of aliphatic hydroxyl groups is 1. The Hall–Kier alpha value is -1.63. The van der Waals surface area contributed by atoms with Gasteiger partial charge in [0.1, 0.15) is 0 Å². The monoisotopic (exact) mass is 465 g/mol. The lowest BCUT2D eigenvalue weighted by Gasteiger charge is -2.46. The largest absolute Gasteiger partial charge is 0.395 e. The summed E-state index contributed by atoms with van der Waals surface area (Å²) < 4.78 is 2.59. The van der Waals surface area contributed by atoms with Crippen molar-refractivity contribution in [2.24, 2.45) is 11.8 Å². The van der Waals surface area contributed by atoms with E-state index in [0.717, 1.165) is 25.2 Å². The molecule has 4 fully saturated rings. The number of aromatic nitrogens is 2. The Balaban J connectivity index is 1.23. The summed E-state index contributed by atoms with van der Waals surface area (Å²) in [4.78, 5) is 10.6. The Bertz CT molecular complexity index is 972. The van der Waals surface area contributed by atoms with Crippen LogP contribution in [-0.4, -0.2) is 70.5 Å². The number of hydrogen-bond donors (Lipinski definition) is 2. The second kappa shape index (κ2) is 9.44. The number of para-hydroxylation sites is 2. The van der Waals surface area contributed by atoms with E-state index in [9.17, 15) is 5.11 Å². The molecule has 6 heteroatoms. The lowest BCUT2D eigenvalue weighted by molar-refractivity contribution is 0.0443. The lowest BCUT2D eigenvalue weighted by Crippen LogP contribution is -2.50. The molecule has 1 aliphatic carbocycles. The number of anilines is 1. The molecule has 34 heavy (non-hydrogen) atoms. The molecular weight excluding hydrogens is 422 g/mol. The van der Waals surface area contributed by atoms with Crippen LogP contribution in [0.1, 0.15) is 70.8 Å². The first-order valence-corrected chi connectivity index (χ1v) is 14.0. The molecule has 186 valence electrons. The summed E-state index contributed by atoms with van der Waals surface area (Å²) in [6.45, 7) is 8.26. The molecule has 3 saturated heterocycles. The van der Waals surface area contributed by atoms with Gasteiger partial charge >= 0.3 is 0 Å². The van der Waals surface area contributed by atoms with Crippen molar-refractivity contribution in [3.05, 3.63) is 24.3 Å². The van der Waals surface area contributed by atoms with Crippen LogP contribution in [0.5, 0.6) is 0 Å². The minimum Gasteiger partial charge on any atom is -0.395 e. The van der Waals surface area contributed by atoms with Gasteiger partial charge in [-0.1, -0.05) is 44.2 Å². The number of imidazole rings is 1. The van der Waals surface area contributed by atoms with Gasteiger partial charge in [-0.25, -0.2) is 4.98 Å². The van der Waals surface area contributed by atoms with Gasteiger partial charge < -0.3 is 19.9 Å². The van der Waals surface area contributed by atoms with Crippen molar-refractivity contribution in [2.75, 3.05) is 44.2 Å². The van der Waals surface area contributed by atoms with Crippen LogP contribution in [-0.2, 0) is 0 Å². The quantitative estimate of drug-likeness (QED) is 0.709. The highest BCUT2D eigenvalue weighted by Crippen LogP contribution is 2.40. The number of rotatable bonds is 4. The number of benzene rings is 1. The Labute approximate surface area is 204 Å². The van der Waals surface area contributed by atoms with E-state index < -0.39 is 0 Å². The fourth-order valence-corrected chi connectivity index (χ4v) is 7.65. The third-order valence-corrected chi connectivity index (χ3v) is 9.73. The minimum atomic E-state index is 0.237. The molecule has 2 aromatic rings. The Morgan fingerprint density at radius 3 is 2.53 bits per heavy atom. The van der Waals surface area contributed by atoms with E-state index in [1.54, 1.807) is 0 Å². The normalized spacial score (nSPS) is 31.0.